The zero-order valence-electron chi connectivity index (χ0n) is 15.8. The molecule has 3 heteroatoms. The molecule has 0 saturated heterocycles. The van der Waals surface area contributed by atoms with E-state index in [1.807, 2.05) is 55.5 Å². The first-order chi connectivity index (χ1) is 14.1. The summed E-state index contributed by atoms with van der Waals surface area (Å²) in [5.41, 5.74) is 5.62. The first kappa shape index (κ1) is 17.4. The summed E-state index contributed by atoms with van der Waals surface area (Å²) < 4.78 is 19.6. The van der Waals surface area contributed by atoms with Crippen molar-refractivity contribution in [3.05, 3.63) is 107 Å². The molecular formula is C26H17FO2. The summed E-state index contributed by atoms with van der Waals surface area (Å²) in [5.74, 6) is -0.286. The molecular weight excluding hydrogens is 363 g/mol. The van der Waals surface area contributed by atoms with Crippen LogP contribution >= 0.6 is 0 Å². The van der Waals surface area contributed by atoms with Gasteiger partial charge in [0.15, 0.2) is 0 Å². The Kier molecular flexibility index (Phi) is 4.02. The molecule has 5 aromatic rings. The number of benzene rings is 4. The van der Waals surface area contributed by atoms with Crippen molar-refractivity contribution in [2.24, 2.45) is 0 Å². The lowest BCUT2D eigenvalue weighted by Gasteiger charge is -2.13. The van der Waals surface area contributed by atoms with Gasteiger partial charge in [0.05, 0.1) is 10.8 Å². The summed E-state index contributed by atoms with van der Waals surface area (Å²) in [5, 5.41) is 1.12. The van der Waals surface area contributed by atoms with Crippen LogP contribution in [0.1, 0.15) is 5.56 Å². The van der Waals surface area contributed by atoms with E-state index in [0.29, 0.717) is 21.9 Å². The van der Waals surface area contributed by atoms with Crippen molar-refractivity contribution in [1.82, 2.24) is 0 Å². The van der Waals surface area contributed by atoms with Crippen molar-refractivity contribution >= 4 is 21.9 Å². The molecule has 1 aromatic heterocycles. The Bertz CT molecular complexity index is 1430. The predicted octanol–water partition coefficient (Wildman–Crippen LogP) is 6.73. The first-order valence-corrected chi connectivity index (χ1v) is 9.43. The molecule has 4 aromatic carbocycles. The second-order valence-corrected chi connectivity index (χ2v) is 7.15. The van der Waals surface area contributed by atoms with E-state index in [4.69, 9.17) is 4.42 Å². The van der Waals surface area contributed by atoms with Crippen LogP contribution in [0.2, 0.25) is 0 Å². The highest BCUT2D eigenvalue weighted by Crippen LogP contribution is 2.35. The van der Waals surface area contributed by atoms with E-state index < -0.39 is 0 Å². The highest BCUT2D eigenvalue weighted by Gasteiger charge is 2.16. The minimum Gasteiger partial charge on any atom is -0.456 e. The minimum atomic E-state index is -0.286. The van der Waals surface area contributed by atoms with E-state index in [-0.39, 0.29) is 11.2 Å². The molecule has 1 heterocycles. The largest absolute Gasteiger partial charge is 0.456 e. The first-order valence-electron chi connectivity index (χ1n) is 9.43. The molecule has 29 heavy (non-hydrogen) atoms. The smallest absolute Gasteiger partial charge is 0.201 e. The number of rotatable bonds is 2. The van der Waals surface area contributed by atoms with E-state index in [0.717, 1.165) is 27.8 Å². The second-order valence-electron chi connectivity index (χ2n) is 7.15. The van der Waals surface area contributed by atoms with Crippen LogP contribution in [0.25, 0.3) is 44.2 Å². The van der Waals surface area contributed by atoms with E-state index in [1.54, 1.807) is 24.3 Å². The third-order valence-electron chi connectivity index (χ3n) is 5.29. The number of hydrogen-bond donors (Lipinski definition) is 0. The van der Waals surface area contributed by atoms with E-state index in [9.17, 15) is 9.18 Å². The van der Waals surface area contributed by atoms with Gasteiger partial charge in [0.2, 0.25) is 5.43 Å². The molecule has 0 bridgehead atoms. The standard InChI is InChI=1S/C26H17FO2/c1-16-6-2-3-7-20(16)22-14-18(17-10-12-19(27)13-11-17)15-24-25(22)26(28)21-8-4-5-9-23(21)29-24/h2-15H,1H3. The highest BCUT2D eigenvalue weighted by molar-refractivity contribution is 6.02. The fraction of sp³-hybridized carbons (Fsp3) is 0.0385. The van der Waals surface area contributed by atoms with Crippen LogP contribution in [-0.2, 0) is 0 Å². The van der Waals surface area contributed by atoms with Gasteiger partial charge in [-0.3, -0.25) is 4.79 Å². The van der Waals surface area contributed by atoms with Crippen LogP contribution in [0.4, 0.5) is 4.39 Å². The normalized spacial score (nSPS) is 11.2. The maximum absolute atomic E-state index is 13.4. The lowest BCUT2D eigenvalue weighted by molar-refractivity contribution is 0.628. The van der Waals surface area contributed by atoms with Crippen molar-refractivity contribution in [2.75, 3.05) is 0 Å². The third kappa shape index (κ3) is 2.92. The highest BCUT2D eigenvalue weighted by atomic mass is 19.1. The molecule has 5 rings (SSSR count). The van der Waals surface area contributed by atoms with Crippen molar-refractivity contribution in [2.45, 2.75) is 6.92 Å². The van der Waals surface area contributed by atoms with Crippen LogP contribution < -0.4 is 5.43 Å². The summed E-state index contributed by atoms with van der Waals surface area (Å²) in [6.45, 7) is 2.02. The summed E-state index contributed by atoms with van der Waals surface area (Å²) >= 11 is 0. The van der Waals surface area contributed by atoms with Gasteiger partial charge in [-0.05, 0) is 71.1 Å². The third-order valence-corrected chi connectivity index (χ3v) is 5.29. The van der Waals surface area contributed by atoms with E-state index >= 15 is 0 Å². The van der Waals surface area contributed by atoms with E-state index in [2.05, 4.69) is 0 Å². The Hall–Kier alpha value is -3.72. The average molecular weight is 380 g/mol. The Morgan fingerprint density at radius 3 is 2.24 bits per heavy atom. The van der Waals surface area contributed by atoms with Gasteiger partial charge >= 0.3 is 0 Å². The molecule has 140 valence electrons. The SMILES string of the molecule is Cc1ccccc1-c1cc(-c2ccc(F)cc2)cc2oc3ccccc3c(=O)c12. The maximum atomic E-state index is 13.4. The van der Waals surface area contributed by atoms with Crippen LogP contribution in [0.3, 0.4) is 0 Å². The molecule has 0 unspecified atom stereocenters. The Labute approximate surface area is 166 Å². The van der Waals surface area contributed by atoms with Gasteiger partial charge in [-0.15, -0.1) is 0 Å². The Morgan fingerprint density at radius 1 is 0.724 bits per heavy atom. The zero-order valence-corrected chi connectivity index (χ0v) is 15.8. The molecule has 0 fully saturated rings. The molecule has 0 spiro atoms. The second kappa shape index (κ2) is 6.71. The van der Waals surface area contributed by atoms with Gasteiger partial charge in [-0.2, -0.15) is 0 Å². The summed E-state index contributed by atoms with van der Waals surface area (Å²) in [4.78, 5) is 13.4. The quantitative estimate of drug-likeness (QED) is 0.318. The monoisotopic (exact) mass is 380 g/mol. The van der Waals surface area contributed by atoms with Gasteiger partial charge in [-0.25, -0.2) is 4.39 Å². The van der Waals surface area contributed by atoms with Gasteiger partial charge in [0, 0.05) is 0 Å². The number of hydrogen-bond acceptors (Lipinski definition) is 2. The number of halogens is 1. The Balaban J connectivity index is 1.93. The molecule has 0 N–H and O–H groups in total. The average Bonchev–Trinajstić information content (AvgIpc) is 2.74. The number of aryl methyl sites for hydroxylation is 1. The molecule has 0 aliphatic rings. The number of fused-ring (bicyclic) bond motifs is 2. The van der Waals surface area contributed by atoms with Crippen molar-refractivity contribution in [3.63, 3.8) is 0 Å². The summed E-state index contributed by atoms with van der Waals surface area (Å²) in [6.07, 6.45) is 0. The molecule has 2 nitrogen and oxygen atoms in total. The fourth-order valence-corrected chi connectivity index (χ4v) is 3.82. The minimum absolute atomic E-state index is 0.0502. The van der Waals surface area contributed by atoms with Gasteiger partial charge < -0.3 is 4.42 Å². The van der Waals surface area contributed by atoms with Crippen molar-refractivity contribution in [3.8, 4) is 22.3 Å². The van der Waals surface area contributed by atoms with Crippen LogP contribution in [0, 0.1) is 12.7 Å². The molecule has 0 saturated carbocycles. The Morgan fingerprint density at radius 2 is 1.45 bits per heavy atom. The van der Waals surface area contributed by atoms with Crippen LogP contribution in [0.15, 0.2) is 94.1 Å². The topological polar surface area (TPSA) is 30.2 Å². The van der Waals surface area contributed by atoms with Crippen molar-refractivity contribution in [1.29, 1.82) is 0 Å². The van der Waals surface area contributed by atoms with Crippen LogP contribution in [-0.4, -0.2) is 0 Å². The summed E-state index contributed by atoms with van der Waals surface area (Å²) in [6, 6.07) is 25.4. The lowest BCUT2D eigenvalue weighted by Crippen LogP contribution is -2.04. The molecule has 0 amide bonds. The van der Waals surface area contributed by atoms with Crippen molar-refractivity contribution < 1.29 is 8.81 Å². The predicted molar refractivity (Wildman–Crippen MR) is 116 cm³/mol. The fourth-order valence-electron chi connectivity index (χ4n) is 3.82. The van der Waals surface area contributed by atoms with Gasteiger partial charge in [0.25, 0.3) is 0 Å². The number of para-hydroxylation sites is 1. The van der Waals surface area contributed by atoms with E-state index in [1.165, 1.54) is 12.1 Å². The molecule has 0 aliphatic carbocycles. The molecule has 0 radical (unpaired) electrons. The molecule has 0 atom stereocenters. The van der Waals surface area contributed by atoms with Gasteiger partial charge in [-0.1, -0.05) is 48.5 Å². The lowest BCUT2D eigenvalue weighted by atomic mass is 9.92. The maximum Gasteiger partial charge on any atom is 0.201 e. The van der Waals surface area contributed by atoms with Crippen LogP contribution in [0.5, 0.6) is 0 Å². The zero-order chi connectivity index (χ0) is 20.0. The summed E-state index contributed by atoms with van der Waals surface area (Å²) in [7, 11) is 0. The molecule has 0 aliphatic heterocycles. The van der Waals surface area contributed by atoms with Gasteiger partial charge in [0.1, 0.15) is 17.0 Å².